The Hall–Kier alpha value is -4.62. The maximum absolute atomic E-state index is 13.9. The molecular weight excluding hydrogens is 635 g/mol. The number of aromatic nitrogens is 1. The monoisotopic (exact) mass is 672 g/mol. The number of rotatable bonds is 15. The van der Waals surface area contributed by atoms with Crippen molar-refractivity contribution in [2.24, 2.45) is 5.73 Å². The summed E-state index contributed by atoms with van der Waals surface area (Å²) in [4.78, 5) is 33.1. The fourth-order valence-corrected chi connectivity index (χ4v) is 5.23. The van der Waals surface area contributed by atoms with Crippen LogP contribution in [0.5, 0.6) is 0 Å². The van der Waals surface area contributed by atoms with Crippen molar-refractivity contribution >= 4 is 11.9 Å². The van der Waals surface area contributed by atoms with Gasteiger partial charge in [0.2, 0.25) is 5.89 Å². The third-order valence-electron chi connectivity index (χ3n) is 7.43. The van der Waals surface area contributed by atoms with Crippen LogP contribution >= 0.6 is 0 Å². The van der Waals surface area contributed by atoms with Gasteiger partial charge in [-0.2, -0.15) is 13.2 Å². The highest BCUT2D eigenvalue weighted by molar-refractivity contribution is 5.99. The lowest BCUT2D eigenvalue weighted by molar-refractivity contribution is -0.137. The summed E-state index contributed by atoms with van der Waals surface area (Å²) in [5.41, 5.74) is 6.70. The first-order valence-corrected chi connectivity index (χ1v) is 15.5. The van der Waals surface area contributed by atoms with Gasteiger partial charge in [-0.05, 0) is 66.8 Å². The van der Waals surface area contributed by atoms with E-state index in [1.165, 1.54) is 36.7 Å². The third kappa shape index (κ3) is 9.94. The van der Waals surface area contributed by atoms with Crippen molar-refractivity contribution in [2.45, 2.75) is 58.0 Å². The SMILES string of the molecule is CCCN(CCC)C(=O)c1cc(C(=O)O[C@H](CNCc2cccc(C(F)(F)F)c2)[C@@H](N)Cc2cc(F)cc(F)c2)cc(-c2ncco2)c1. The van der Waals surface area contributed by atoms with E-state index in [0.717, 1.165) is 37.1 Å². The summed E-state index contributed by atoms with van der Waals surface area (Å²) < 4.78 is 78.8. The molecule has 13 heteroatoms. The van der Waals surface area contributed by atoms with Crippen LogP contribution in [0.3, 0.4) is 0 Å². The van der Waals surface area contributed by atoms with E-state index in [0.29, 0.717) is 30.3 Å². The van der Waals surface area contributed by atoms with Crippen LogP contribution in [-0.4, -0.2) is 53.5 Å². The Balaban J connectivity index is 1.62. The summed E-state index contributed by atoms with van der Waals surface area (Å²) in [6.07, 6.45) is -1.52. The Morgan fingerprint density at radius 1 is 0.958 bits per heavy atom. The van der Waals surface area contributed by atoms with Gasteiger partial charge >= 0.3 is 12.1 Å². The number of carbonyl (C=O) groups excluding carboxylic acids is 2. The standard InChI is InChI=1S/C35H37F5N4O4/c1-3-9-44(10-4-2)33(45)25-16-24(32-43-8-11-47-32)17-26(18-25)34(46)48-31(30(41)15-23-13-28(36)19-29(37)14-23)21-42-20-22-6-5-7-27(12-22)35(38,39)40/h5-8,11-14,16-19,30-31,42H,3-4,9-10,15,20-21,41H2,1-2H3/t30-,31+/m0/s1. The van der Waals surface area contributed by atoms with Crippen molar-refractivity contribution in [1.82, 2.24) is 15.2 Å². The van der Waals surface area contributed by atoms with Gasteiger partial charge in [-0.1, -0.05) is 32.0 Å². The molecule has 8 nitrogen and oxygen atoms in total. The fraction of sp³-hybridized carbons (Fsp3) is 0.343. The number of nitrogens with one attached hydrogen (secondary N) is 1. The first kappa shape index (κ1) is 36.2. The number of alkyl halides is 3. The fourth-order valence-electron chi connectivity index (χ4n) is 5.23. The molecule has 3 aromatic carbocycles. The van der Waals surface area contributed by atoms with E-state index in [1.807, 2.05) is 13.8 Å². The summed E-state index contributed by atoms with van der Waals surface area (Å²) in [7, 11) is 0. The minimum absolute atomic E-state index is 0.00567. The Morgan fingerprint density at radius 2 is 1.65 bits per heavy atom. The van der Waals surface area contributed by atoms with Crippen LogP contribution in [0.4, 0.5) is 22.0 Å². The average molecular weight is 673 g/mol. The topological polar surface area (TPSA) is 111 Å². The highest BCUT2D eigenvalue weighted by Crippen LogP contribution is 2.29. The maximum atomic E-state index is 13.9. The van der Waals surface area contributed by atoms with Crippen molar-refractivity contribution in [2.75, 3.05) is 19.6 Å². The summed E-state index contributed by atoms with van der Waals surface area (Å²) in [6, 6.07) is 11.1. The number of benzene rings is 3. The predicted molar refractivity (Wildman–Crippen MR) is 169 cm³/mol. The zero-order chi connectivity index (χ0) is 34.8. The van der Waals surface area contributed by atoms with E-state index in [2.05, 4.69) is 10.3 Å². The number of hydrogen-bond donors (Lipinski definition) is 2. The van der Waals surface area contributed by atoms with Crippen LogP contribution in [0.15, 0.2) is 77.5 Å². The van der Waals surface area contributed by atoms with E-state index in [9.17, 15) is 31.5 Å². The molecule has 1 amide bonds. The van der Waals surface area contributed by atoms with E-state index in [1.54, 1.807) is 11.0 Å². The highest BCUT2D eigenvalue weighted by Gasteiger charge is 2.30. The van der Waals surface area contributed by atoms with Crippen LogP contribution in [0.1, 0.15) is 64.1 Å². The molecule has 0 bridgehead atoms. The van der Waals surface area contributed by atoms with Gasteiger partial charge in [0.15, 0.2) is 0 Å². The van der Waals surface area contributed by atoms with Gasteiger partial charge in [0, 0.05) is 49.4 Å². The van der Waals surface area contributed by atoms with E-state index >= 15 is 0 Å². The van der Waals surface area contributed by atoms with Crippen molar-refractivity contribution < 1.29 is 40.7 Å². The number of hydrogen-bond acceptors (Lipinski definition) is 7. The Bertz CT molecular complexity index is 1650. The molecular formula is C35H37F5N4O4. The van der Waals surface area contributed by atoms with Crippen molar-refractivity contribution in [3.63, 3.8) is 0 Å². The minimum Gasteiger partial charge on any atom is -0.456 e. The Morgan fingerprint density at radius 3 is 2.27 bits per heavy atom. The van der Waals surface area contributed by atoms with Crippen molar-refractivity contribution in [3.05, 3.63) is 113 Å². The molecule has 0 unspecified atom stereocenters. The largest absolute Gasteiger partial charge is 0.456 e. The predicted octanol–water partition coefficient (Wildman–Crippen LogP) is 6.79. The van der Waals surface area contributed by atoms with Gasteiger partial charge in [0.05, 0.1) is 17.3 Å². The Labute approximate surface area is 275 Å². The molecule has 0 aliphatic heterocycles. The molecule has 0 spiro atoms. The lowest BCUT2D eigenvalue weighted by atomic mass is 10.0. The molecule has 4 rings (SSSR count). The normalized spacial score (nSPS) is 12.8. The van der Waals surface area contributed by atoms with Gasteiger partial charge in [-0.3, -0.25) is 4.79 Å². The zero-order valence-electron chi connectivity index (χ0n) is 26.5. The van der Waals surface area contributed by atoms with Gasteiger partial charge in [-0.15, -0.1) is 0 Å². The quantitative estimate of drug-likeness (QED) is 0.106. The number of esters is 1. The summed E-state index contributed by atoms with van der Waals surface area (Å²) in [5, 5.41) is 2.97. The van der Waals surface area contributed by atoms with Crippen LogP contribution in [0, 0.1) is 11.6 Å². The van der Waals surface area contributed by atoms with E-state index < -0.39 is 41.5 Å². The lowest BCUT2D eigenvalue weighted by Crippen LogP contribution is -2.46. The number of ether oxygens (including phenoxy) is 1. The number of oxazole rings is 1. The lowest BCUT2D eigenvalue weighted by Gasteiger charge is -2.25. The zero-order valence-corrected chi connectivity index (χ0v) is 26.5. The van der Waals surface area contributed by atoms with Gasteiger partial charge in [-0.25, -0.2) is 18.6 Å². The minimum atomic E-state index is -4.53. The molecule has 3 N–H and O–H groups in total. The summed E-state index contributed by atoms with van der Waals surface area (Å²) in [5.74, 6) is -2.62. The Kier molecular flexibility index (Phi) is 12.4. The van der Waals surface area contributed by atoms with Gasteiger partial charge in [0.25, 0.3) is 5.91 Å². The van der Waals surface area contributed by atoms with Crippen LogP contribution < -0.4 is 11.1 Å². The van der Waals surface area contributed by atoms with Gasteiger partial charge < -0.3 is 25.1 Å². The molecule has 0 radical (unpaired) electrons. The number of nitrogens with zero attached hydrogens (tertiary/aromatic N) is 2. The maximum Gasteiger partial charge on any atom is 0.416 e. The number of nitrogens with two attached hydrogens (primary N) is 1. The molecule has 0 saturated heterocycles. The molecule has 2 atom stereocenters. The number of carbonyl (C=O) groups is 2. The van der Waals surface area contributed by atoms with Crippen LogP contribution in [-0.2, 0) is 23.9 Å². The second kappa shape index (κ2) is 16.5. The molecule has 1 aromatic heterocycles. The van der Waals surface area contributed by atoms with Crippen LogP contribution in [0.25, 0.3) is 11.5 Å². The van der Waals surface area contributed by atoms with Crippen molar-refractivity contribution in [3.8, 4) is 11.5 Å². The van der Waals surface area contributed by atoms with Gasteiger partial charge in [0.1, 0.15) is 24.0 Å². The molecule has 256 valence electrons. The summed E-state index contributed by atoms with van der Waals surface area (Å²) in [6.45, 7) is 4.76. The second-order valence-corrected chi connectivity index (χ2v) is 11.3. The molecule has 1 heterocycles. The first-order valence-electron chi connectivity index (χ1n) is 15.5. The summed E-state index contributed by atoms with van der Waals surface area (Å²) >= 11 is 0. The molecule has 0 fully saturated rings. The van der Waals surface area contributed by atoms with E-state index in [4.69, 9.17) is 14.9 Å². The third-order valence-corrected chi connectivity index (χ3v) is 7.43. The number of halogens is 5. The molecule has 0 aliphatic rings. The molecule has 4 aromatic rings. The van der Waals surface area contributed by atoms with Crippen molar-refractivity contribution in [1.29, 1.82) is 0 Å². The average Bonchev–Trinajstić information content (AvgIpc) is 3.58. The molecule has 0 saturated carbocycles. The van der Waals surface area contributed by atoms with Crippen LogP contribution in [0.2, 0.25) is 0 Å². The molecule has 0 aliphatic carbocycles. The smallest absolute Gasteiger partial charge is 0.416 e. The first-order chi connectivity index (χ1) is 22.9. The highest BCUT2D eigenvalue weighted by atomic mass is 19.4. The van der Waals surface area contributed by atoms with E-state index in [-0.39, 0.29) is 48.0 Å². The molecule has 48 heavy (non-hydrogen) atoms. The second-order valence-electron chi connectivity index (χ2n) is 11.3. The number of amides is 1.